The zero-order valence-corrected chi connectivity index (χ0v) is 21.8. The summed E-state index contributed by atoms with van der Waals surface area (Å²) in [6.45, 7) is 8.35. The van der Waals surface area contributed by atoms with Crippen molar-refractivity contribution in [2.24, 2.45) is 5.92 Å². The summed E-state index contributed by atoms with van der Waals surface area (Å²) in [6.07, 6.45) is 4.06. The smallest absolute Gasteiger partial charge is 0.151 e. The highest BCUT2D eigenvalue weighted by atomic mass is 79.9. The highest BCUT2D eigenvalue weighted by Gasteiger charge is 2.42. The van der Waals surface area contributed by atoms with Gasteiger partial charge in [-0.25, -0.2) is 9.67 Å². The average molecular weight is 562 g/mol. The summed E-state index contributed by atoms with van der Waals surface area (Å²) in [4.78, 5) is 30.5. The summed E-state index contributed by atoms with van der Waals surface area (Å²) < 4.78 is 2.45. The van der Waals surface area contributed by atoms with Crippen molar-refractivity contribution >= 4 is 56.4 Å². The molecule has 4 rings (SSSR count). The van der Waals surface area contributed by atoms with E-state index in [1.165, 1.54) is 0 Å². The molecule has 34 heavy (non-hydrogen) atoms. The molecule has 1 N–H and O–H groups in total. The molecule has 3 aromatic rings. The summed E-state index contributed by atoms with van der Waals surface area (Å²) in [5.41, 5.74) is 4.62. The second kappa shape index (κ2) is 10.0. The molecule has 9 heteroatoms. The van der Waals surface area contributed by atoms with E-state index >= 15 is 0 Å². The van der Waals surface area contributed by atoms with Crippen LogP contribution in [0.15, 0.2) is 47.7 Å². The normalized spacial score (nSPS) is 17.9. The van der Waals surface area contributed by atoms with Gasteiger partial charge in [0.2, 0.25) is 0 Å². The van der Waals surface area contributed by atoms with Gasteiger partial charge < -0.3 is 5.32 Å². The Bertz CT molecular complexity index is 1280. The molecule has 0 bridgehead atoms. The van der Waals surface area contributed by atoms with Crippen molar-refractivity contribution in [1.82, 2.24) is 20.1 Å². The zero-order chi connectivity index (χ0) is 24.6. The Morgan fingerprint density at radius 3 is 2.59 bits per heavy atom. The lowest BCUT2D eigenvalue weighted by atomic mass is 9.87. The number of rotatable bonds is 7. The standard InChI is InChI=1S/C25H23BrCl2N4O2/c1-13-8-18(32-12-17(27)11-30-32)9-14(2)22(13)23-20(33)10-16(25(23)34)6-7-29-15(3)24-19(26)4-5-21(28)31-24/h4-5,8-9,11-12,16,23,29H,3,6-7,10H2,1-2H3. The predicted octanol–water partition coefficient (Wildman–Crippen LogP) is 5.85. The lowest BCUT2D eigenvalue weighted by molar-refractivity contribution is -0.124. The first-order valence-electron chi connectivity index (χ1n) is 10.8. The van der Waals surface area contributed by atoms with Crippen LogP contribution >= 0.6 is 39.1 Å². The number of hydrogen-bond acceptors (Lipinski definition) is 5. The molecule has 1 aromatic carbocycles. The van der Waals surface area contributed by atoms with Crippen LogP contribution < -0.4 is 5.32 Å². The number of nitrogens with zero attached hydrogens (tertiary/aromatic N) is 3. The first-order chi connectivity index (χ1) is 16.2. The van der Waals surface area contributed by atoms with Gasteiger partial charge in [-0.15, -0.1) is 0 Å². The maximum absolute atomic E-state index is 13.3. The number of Topliss-reactive ketones (excluding diaryl/α,β-unsaturated/α-hetero) is 2. The van der Waals surface area contributed by atoms with Gasteiger partial charge in [0.05, 0.1) is 22.6 Å². The summed E-state index contributed by atoms with van der Waals surface area (Å²) in [5, 5.41) is 8.35. The average Bonchev–Trinajstić information content (AvgIpc) is 3.33. The van der Waals surface area contributed by atoms with E-state index in [0.717, 1.165) is 26.9 Å². The molecule has 6 nitrogen and oxygen atoms in total. The largest absolute Gasteiger partial charge is 0.384 e. The first-order valence-corrected chi connectivity index (χ1v) is 12.3. The second-order valence-electron chi connectivity index (χ2n) is 8.46. The van der Waals surface area contributed by atoms with Gasteiger partial charge in [-0.2, -0.15) is 5.10 Å². The number of halogens is 3. The van der Waals surface area contributed by atoms with E-state index < -0.39 is 5.92 Å². The predicted molar refractivity (Wildman–Crippen MR) is 138 cm³/mol. The molecule has 1 aliphatic rings. The number of aryl methyl sites for hydroxylation is 2. The molecule has 2 unspecified atom stereocenters. The molecule has 1 aliphatic carbocycles. The van der Waals surface area contributed by atoms with Gasteiger partial charge >= 0.3 is 0 Å². The second-order valence-corrected chi connectivity index (χ2v) is 10.1. The van der Waals surface area contributed by atoms with Crippen LogP contribution in [0.4, 0.5) is 0 Å². The molecule has 2 aromatic heterocycles. The molecule has 0 spiro atoms. The Kier molecular flexibility index (Phi) is 7.26. The Balaban J connectivity index is 1.46. The number of benzene rings is 1. The third kappa shape index (κ3) is 4.97. The minimum Gasteiger partial charge on any atom is -0.384 e. The SMILES string of the molecule is C=C(NCCC1CC(=O)C(c2c(C)cc(-n3cc(Cl)cn3)cc2C)C1=O)c1nc(Cl)ccc1Br. The monoisotopic (exact) mass is 560 g/mol. The topological polar surface area (TPSA) is 76.9 Å². The fourth-order valence-electron chi connectivity index (χ4n) is 4.50. The number of hydrogen-bond donors (Lipinski definition) is 1. The third-order valence-electron chi connectivity index (χ3n) is 6.07. The molecule has 2 atom stereocenters. The van der Waals surface area contributed by atoms with Crippen LogP contribution in [0.1, 0.15) is 41.1 Å². The van der Waals surface area contributed by atoms with Gasteiger partial charge in [0.25, 0.3) is 0 Å². The van der Waals surface area contributed by atoms with Crippen LogP contribution in [0.5, 0.6) is 0 Å². The minimum atomic E-state index is -0.729. The Morgan fingerprint density at radius 2 is 1.94 bits per heavy atom. The van der Waals surface area contributed by atoms with Crippen molar-refractivity contribution < 1.29 is 9.59 Å². The number of ketones is 2. The van der Waals surface area contributed by atoms with Crippen molar-refractivity contribution in [3.8, 4) is 5.69 Å². The fourth-order valence-corrected chi connectivity index (χ4v) is 5.24. The number of nitrogens with one attached hydrogen (secondary N) is 1. The Morgan fingerprint density at radius 1 is 1.24 bits per heavy atom. The van der Waals surface area contributed by atoms with Crippen LogP contribution in [0.3, 0.4) is 0 Å². The molecule has 0 amide bonds. The summed E-state index contributed by atoms with van der Waals surface area (Å²) >= 11 is 15.4. The molecule has 1 saturated carbocycles. The summed E-state index contributed by atoms with van der Waals surface area (Å²) in [7, 11) is 0. The quantitative estimate of drug-likeness (QED) is 0.289. The molecule has 0 radical (unpaired) electrons. The van der Waals surface area contributed by atoms with Crippen LogP contribution in [-0.4, -0.2) is 32.9 Å². The van der Waals surface area contributed by atoms with Crippen molar-refractivity contribution in [2.75, 3.05) is 6.54 Å². The van der Waals surface area contributed by atoms with E-state index in [2.05, 4.69) is 37.9 Å². The number of aromatic nitrogens is 3. The van der Waals surface area contributed by atoms with Gasteiger partial charge in [0, 0.05) is 29.6 Å². The first kappa shape index (κ1) is 24.6. The number of carbonyl (C=O) groups excluding carboxylic acids is 2. The Labute approximate surface area is 216 Å². The number of pyridine rings is 1. The van der Waals surface area contributed by atoms with E-state index in [0.29, 0.717) is 34.5 Å². The van der Waals surface area contributed by atoms with E-state index in [-0.39, 0.29) is 23.9 Å². The third-order valence-corrected chi connectivity index (χ3v) is 7.11. The zero-order valence-electron chi connectivity index (χ0n) is 18.7. The highest BCUT2D eigenvalue weighted by molar-refractivity contribution is 9.10. The lowest BCUT2D eigenvalue weighted by Gasteiger charge is -2.17. The van der Waals surface area contributed by atoms with Crippen molar-refractivity contribution in [3.63, 3.8) is 0 Å². The van der Waals surface area contributed by atoms with Gasteiger partial charge in [0.1, 0.15) is 22.5 Å². The fraction of sp³-hybridized carbons (Fsp3) is 0.280. The van der Waals surface area contributed by atoms with Gasteiger partial charge in [-0.3, -0.25) is 9.59 Å². The maximum Gasteiger partial charge on any atom is 0.151 e. The molecule has 0 saturated heterocycles. The van der Waals surface area contributed by atoms with E-state index in [9.17, 15) is 9.59 Å². The number of carbonyl (C=O) groups is 2. The van der Waals surface area contributed by atoms with E-state index in [1.54, 1.807) is 29.2 Å². The summed E-state index contributed by atoms with van der Waals surface area (Å²) in [5.74, 6) is -1.13. The van der Waals surface area contributed by atoms with Gasteiger partial charge in [-0.1, -0.05) is 29.8 Å². The molecular formula is C25H23BrCl2N4O2. The molecule has 0 aliphatic heterocycles. The lowest BCUT2D eigenvalue weighted by Crippen LogP contribution is -2.21. The minimum absolute atomic E-state index is 0.0273. The highest BCUT2D eigenvalue weighted by Crippen LogP contribution is 2.38. The van der Waals surface area contributed by atoms with Crippen LogP contribution in [0.25, 0.3) is 11.4 Å². The Hall–Kier alpha value is -2.48. The molecule has 1 fully saturated rings. The van der Waals surface area contributed by atoms with Crippen LogP contribution in [0.2, 0.25) is 10.2 Å². The van der Waals surface area contributed by atoms with Crippen molar-refractivity contribution in [3.05, 3.63) is 80.3 Å². The maximum atomic E-state index is 13.3. The van der Waals surface area contributed by atoms with E-state index in [4.69, 9.17) is 23.2 Å². The molecular weight excluding hydrogens is 539 g/mol. The van der Waals surface area contributed by atoms with Crippen LogP contribution in [-0.2, 0) is 9.59 Å². The van der Waals surface area contributed by atoms with Crippen LogP contribution in [0, 0.1) is 19.8 Å². The summed E-state index contributed by atoms with van der Waals surface area (Å²) in [6, 6.07) is 7.35. The van der Waals surface area contributed by atoms with E-state index in [1.807, 2.05) is 26.0 Å². The molecule has 176 valence electrons. The van der Waals surface area contributed by atoms with Gasteiger partial charge in [-0.05, 0) is 77.2 Å². The van der Waals surface area contributed by atoms with Crippen molar-refractivity contribution in [1.29, 1.82) is 0 Å². The molecule has 2 heterocycles. The van der Waals surface area contributed by atoms with Crippen molar-refractivity contribution in [2.45, 2.75) is 32.6 Å². The van der Waals surface area contributed by atoms with Gasteiger partial charge in [0.15, 0.2) is 5.78 Å².